The first-order valence-electron chi connectivity index (χ1n) is 10.5. The molecular weight excluding hydrogens is 516 g/mol. The molecule has 2 amide bonds. The second kappa shape index (κ2) is 10.7. The summed E-state index contributed by atoms with van der Waals surface area (Å²) in [6.45, 7) is 0. The molecular formula is C24H17ClF4N6O2. The molecule has 13 heteroatoms. The minimum Gasteiger partial charge on any atom is -0.437 e. The number of pyridine rings is 1. The third-order valence-corrected chi connectivity index (χ3v) is 5.10. The number of nitrogens with zero attached hydrogens (tertiary/aromatic N) is 3. The van der Waals surface area contributed by atoms with E-state index in [0.29, 0.717) is 29.3 Å². The number of carbonyl (C=O) groups excluding carboxylic acids is 1. The molecule has 0 aliphatic heterocycles. The summed E-state index contributed by atoms with van der Waals surface area (Å²) in [7, 11) is 1.69. The number of carbonyl (C=O) groups is 1. The van der Waals surface area contributed by atoms with Gasteiger partial charge in [0.1, 0.15) is 11.6 Å². The number of hydrogen-bond donors (Lipinski definition) is 3. The van der Waals surface area contributed by atoms with Crippen molar-refractivity contribution in [3.8, 4) is 22.9 Å². The molecule has 0 atom stereocenters. The standard InChI is InChI=1S/C24H17ClF4N6O2/c1-30-22-32-8-6-19(35-22)17-3-2-7-31-21(17)37-20-5-4-15(12-18(20)25)33-23(36)34-16-10-13(24(27,28)29)9-14(26)11-16/h2-12H,1H3,(H,30,32,35)(H2,33,34,36). The Bertz CT molecular complexity index is 1450. The average molecular weight is 533 g/mol. The molecule has 0 fully saturated rings. The van der Waals surface area contributed by atoms with E-state index in [-0.39, 0.29) is 28.0 Å². The smallest absolute Gasteiger partial charge is 0.416 e. The van der Waals surface area contributed by atoms with Gasteiger partial charge in [-0.05, 0) is 54.6 Å². The van der Waals surface area contributed by atoms with E-state index in [1.54, 1.807) is 31.4 Å². The first-order valence-corrected chi connectivity index (χ1v) is 10.9. The van der Waals surface area contributed by atoms with Gasteiger partial charge in [0.15, 0.2) is 0 Å². The van der Waals surface area contributed by atoms with Crippen LogP contribution >= 0.6 is 11.6 Å². The van der Waals surface area contributed by atoms with E-state index < -0.39 is 23.6 Å². The van der Waals surface area contributed by atoms with Gasteiger partial charge in [-0.25, -0.2) is 24.1 Å². The van der Waals surface area contributed by atoms with Crippen molar-refractivity contribution in [3.63, 3.8) is 0 Å². The number of urea groups is 1. The number of halogens is 5. The SMILES string of the molecule is CNc1nccc(-c2cccnc2Oc2ccc(NC(=O)Nc3cc(F)cc(C(F)(F)F)c3)cc2Cl)n1. The lowest BCUT2D eigenvalue weighted by molar-refractivity contribution is -0.137. The molecule has 0 radical (unpaired) electrons. The van der Waals surface area contributed by atoms with Crippen molar-refractivity contribution in [2.75, 3.05) is 23.0 Å². The first kappa shape index (κ1) is 25.6. The van der Waals surface area contributed by atoms with Crippen LogP contribution in [0, 0.1) is 5.82 Å². The number of benzene rings is 2. The van der Waals surface area contributed by atoms with Crippen molar-refractivity contribution in [3.05, 3.63) is 83.4 Å². The summed E-state index contributed by atoms with van der Waals surface area (Å²) in [6, 6.07) is 10.3. The second-order valence-corrected chi connectivity index (χ2v) is 7.83. The highest BCUT2D eigenvalue weighted by Crippen LogP contribution is 2.35. The fourth-order valence-corrected chi connectivity index (χ4v) is 3.40. The molecule has 2 heterocycles. The Morgan fingerprint density at radius 2 is 1.76 bits per heavy atom. The predicted molar refractivity (Wildman–Crippen MR) is 130 cm³/mol. The number of hydrogen-bond acceptors (Lipinski definition) is 6. The number of aromatic nitrogens is 3. The van der Waals surface area contributed by atoms with Crippen LogP contribution in [-0.4, -0.2) is 28.0 Å². The highest BCUT2D eigenvalue weighted by molar-refractivity contribution is 6.32. The average Bonchev–Trinajstić information content (AvgIpc) is 2.85. The van der Waals surface area contributed by atoms with Crippen LogP contribution in [0.2, 0.25) is 5.02 Å². The molecule has 0 aliphatic rings. The fraction of sp³-hybridized carbons (Fsp3) is 0.0833. The number of alkyl halides is 3. The third kappa shape index (κ3) is 6.41. The highest BCUT2D eigenvalue weighted by atomic mass is 35.5. The van der Waals surface area contributed by atoms with Gasteiger partial charge in [0.05, 0.1) is 21.8 Å². The molecule has 0 bridgehead atoms. The van der Waals surface area contributed by atoms with Crippen LogP contribution < -0.4 is 20.7 Å². The van der Waals surface area contributed by atoms with Crippen molar-refractivity contribution in [1.82, 2.24) is 15.0 Å². The van der Waals surface area contributed by atoms with Crippen molar-refractivity contribution >= 4 is 35.0 Å². The van der Waals surface area contributed by atoms with Gasteiger partial charge < -0.3 is 20.7 Å². The minimum atomic E-state index is -4.77. The van der Waals surface area contributed by atoms with Crippen LogP contribution in [0.4, 0.5) is 39.7 Å². The molecule has 0 saturated heterocycles. The number of rotatable bonds is 6. The Labute approximate surface area is 212 Å². The molecule has 4 aromatic rings. The van der Waals surface area contributed by atoms with Crippen molar-refractivity contribution < 1.29 is 27.1 Å². The van der Waals surface area contributed by atoms with Crippen LogP contribution in [-0.2, 0) is 6.18 Å². The highest BCUT2D eigenvalue weighted by Gasteiger charge is 2.31. The molecule has 2 aromatic heterocycles. The quantitative estimate of drug-likeness (QED) is 0.235. The molecule has 4 rings (SSSR count). The zero-order chi connectivity index (χ0) is 26.6. The predicted octanol–water partition coefficient (Wildman–Crippen LogP) is 6.83. The first-order chi connectivity index (χ1) is 17.6. The Kier molecular flexibility index (Phi) is 7.39. The van der Waals surface area contributed by atoms with Crippen LogP contribution in [0.1, 0.15) is 5.56 Å². The maximum Gasteiger partial charge on any atom is 0.416 e. The van der Waals surface area contributed by atoms with Gasteiger partial charge in [0.2, 0.25) is 11.8 Å². The summed E-state index contributed by atoms with van der Waals surface area (Å²) in [5, 5.41) is 7.54. The zero-order valence-corrected chi connectivity index (χ0v) is 19.7. The van der Waals surface area contributed by atoms with Gasteiger partial charge in [-0.3, -0.25) is 0 Å². The summed E-state index contributed by atoms with van der Waals surface area (Å²) < 4.78 is 58.1. The zero-order valence-electron chi connectivity index (χ0n) is 18.9. The van der Waals surface area contributed by atoms with Gasteiger partial charge in [-0.2, -0.15) is 13.2 Å². The molecule has 0 saturated carbocycles. The van der Waals surface area contributed by atoms with Gasteiger partial charge in [-0.15, -0.1) is 0 Å². The van der Waals surface area contributed by atoms with Crippen LogP contribution in [0.5, 0.6) is 11.6 Å². The summed E-state index contributed by atoms with van der Waals surface area (Å²) in [5.41, 5.74) is -0.264. The number of anilines is 3. The van der Waals surface area contributed by atoms with Gasteiger partial charge in [-0.1, -0.05) is 11.6 Å². The van der Waals surface area contributed by atoms with Gasteiger partial charge in [0.25, 0.3) is 0 Å². The van der Waals surface area contributed by atoms with Crippen molar-refractivity contribution in [2.24, 2.45) is 0 Å². The molecule has 190 valence electrons. The second-order valence-electron chi connectivity index (χ2n) is 7.42. The topological polar surface area (TPSA) is 101 Å². The van der Waals surface area contributed by atoms with E-state index in [0.717, 1.165) is 6.07 Å². The molecule has 8 nitrogen and oxygen atoms in total. The molecule has 37 heavy (non-hydrogen) atoms. The van der Waals surface area contributed by atoms with E-state index in [1.807, 2.05) is 0 Å². The lowest BCUT2D eigenvalue weighted by Gasteiger charge is -2.13. The Balaban J connectivity index is 1.49. The Morgan fingerprint density at radius 3 is 2.49 bits per heavy atom. The fourth-order valence-electron chi connectivity index (χ4n) is 3.18. The molecule has 0 aliphatic carbocycles. The maximum atomic E-state index is 13.6. The lowest BCUT2D eigenvalue weighted by atomic mass is 10.2. The van der Waals surface area contributed by atoms with Crippen molar-refractivity contribution in [1.29, 1.82) is 0 Å². The van der Waals surface area contributed by atoms with E-state index in [1.165, 1.54) is 24.4 Å². The summed E-state index contributed by atoms with van der Waals surface area (Å²) >= 11 is 6.33. The van der Waals surface area contributed by atoms with Gasteiger partial charge in [0, 0.05) is 30.8 Å². The molecule has 0 unspecified atom stereocenters. The monoisotopic (exact) mass is 532 g/mol. The van der Waals surface area contributed by atoms with E-state index in [4.69, 9.17) is 16.3 Å². The maximum absolute atomic E-state index is 13.6. The molecule has 3 N–H and O–H groups in total. The normalized spacial score (nSPS) is 11.1. The largest absolute Gasteiger partial charge is 0.437 e. The Morgan fingerprint density at radius 1 is 0.973 bits per heavy atom. The Hall–Kier alpha value is -4.45. The molecule has 2 aromatic carbocycles. The summed E-state index contributed by atoms with van der Waals surface area (Å²) in [4.78, 5) is 25.0. The van der Waals surface area contributed by atoms with Crippen LogP contribution in [0.3, 0.4) is 0 Å². The minimum absolute atomic E-state index is 0.109. The van der Waals surface area contributed by atoms with Crippen LogP contribution in [0.25, 0.3) is 11.3 Å². The third-order valence-electron chi connectivity index (χ3n) is 4.81. The number of amides is 2. The van der Waals surface area contributed by atoms with Gasteiger partial charge >= 0.3 is 12.2 Å². The van der Waals surface area contributed by atoms with E-state index >= 15 is 0 Å². The molecule has 0 spiro atoms. The number of ether oxygens (including phenoxy) is 1. The number of nitrogens with one attached hydrogen (secondary N) is 3. The van der Waals surface area contributed by atoms with E-state index in [2.05, 4.69) is 30.9 Å². The lowest BCUT2D eigenvalue weighted by Crippen LogP contribution is -2.20. The van der Waals surface area contributed by atoms with Crippen molar-refractivity contribution in [2.45, 2.75) is 6.18 Å². The summed E-state index contributed by atoms with van der Waals surface area (Å²) in [6.07, 6.45) is -1.66. The van der Waals surface area contributed by atoms with E-state index in [9.17, 15) is 22.4 Å². The van der Waals surface area contributed by atoms with Crippen LogP contribution in [0.15, 0.2) is 67.0 Å². The summed E-state index contributed by atoms with van der Waals surface area (Å²) in [5.74, 6) is -0.301.